The summed E-state index contributed by atoms with van der Waals surface area (Å²) in [5, 5.41) is 0. The van der Waals surface area contributed by atoms with Crippen molar-refractivity contribution in [2.24, 2.45) is 5.92 Å². The Morgan fingerprint density at radius 1 is 0.963 bits per heavy atom. The van der Waals surface area contributed by atoms with E-state index in [0.29, 0.717) is 24.8 Å². The number of piperidine rings is 1. The third-order valence-electron chi connectivity index (χ3n) is 7.52. The molecule has 4 aliphatic rings. The summed E-state index contributed by atoms with van der Waals surface area (Å²) >= 11 is 0. The molecule has 2 heterocycles. The second kappa shape index (κ2) is 9.23. The van der Waals surface area contributed by atoms with Gasteiger partial charge in [-0.2, -0.15) is 0 Å². The number of morpholine rings is 1. The molecular formula is C22H38N2O3. The van der Waals surface area contributed by atoms with Crippen LogP contribution in [-0.4, -0.2) is 72.8 Å². The molecule has 0 aromatic carbocycles. The zero-order valence-corrected chi connectivity index (χ0v) is 17.1. The number of fused-ring (bicyclic) bond motifs is 1. The average Bonchev–Trinajstić information content (AvgIpc) is 2.73. The lowest BCUT2D eigenvalue weighted by atomic mass is 9.84. The van der Waals surface area contributed by atoms with Crippen LogP contribution in [-0.2, 0) is 14.3 Å². The molecule has 0 aromatic heterocycles. The van der Waals surface area contributed by atoms with Crippen LogP contribution < -0.4 is 0 Å². The Kier molecular flexibility index (Phi) is 6.72. The first-order chi connectivity index (χ1) is 13.3. The van der Waals surface area contributed by atoms with Gasteiger partial charge < -0.3 is 19.3 Å². The van der Waals surface area contributed by atoms with Crippen molar-refractivity contribution in [2.75, 3.05) is 32.9 Å². The standard InChI is InChI=1S/C22H38N2O3/c1-2-26-15-17-7-9-18(10-8-17)23-13-11-19(12-14-23)24-20-5-3-4-6-21(20)27-16-22(24)25/h17-21H,2-16H2,1H3. The van der Waals surface area contributed by atoms with Gasteiger partial charge in [0.25, 0.3) is 0 Å². The van der Waals surface area contributed by atoms with Crippen LogP contribution in [0, 0.1) is 5.92 Å². The highest BCUT2D eigenvalue weighted by molar-refractivity contribution is 5.79. The molecule has 0 bridgehead atoms. The highest BCUT2D eigenvalue weighted by atomic mass is 16.5. The van der Waals surface area contributed by atoms with Crippen molar-refractivity contribution in [3.8, 4) is 0 Å². The maximum absolute atomic E-state index is 12.6. The number of hydrogen-bond acceptors (Lipinski definition) is 4. The van der Waals surface area contributed by atoms with Crippen LogP contribution in [0.2, 0.25) is 0 Å². The minimum atomic E-state index is 0.244. The summed E-state index contributed by atoms with van der Waals surface area (Å²) in [4.78, 5) is 17.6. The first-order valence-electron chi connectivity index (χ1n) is 11.5. The van der Waals surface area contributed by atoms with E-state index in [4.69, 9.17) is 9.47 Å². The molecule has 4 fully saturated rings. The van der Waals surface area contributed by atoms with Gasteiger partial charge in [0.05, 0.1) is 12.1 Å². The van der Waals surface area contributed by atoms with Gasteiger partial charge in [-0.15, -0.1) is 0 Å². The van der Waals surface area contributed by atoms with E-state index in [-0.39, 0.29) is 5.91 Å². The molecule has 5 heteroatoms. The lowest BCUT2D eigenvalue weighted by molar-refractivity contribution is -0.167. The van der Waals surface area contributed by atoms with Gasteiger partial charge in [0, 0.05) is 38.4 Å². The molecule has 154 valence electrons. The van der Waals surface area contributed by atoms with E-state index >= 15 is 0 Å². The second-order valence-corrected chi connectivity index (χ2v) is 9.10. The van der Waals surface area contributed by atoms with Crippen LogP contribution in [0.3, 0.4) is 0 Å². The number of nitrogens with zero attached hydrogens (tertiary/aromatic N) is 2. The minimum absolute atomic E-state index is 0.244. The Hall–Kier alpha value is -0.650. The van der Waals surface area contributed by atoms with Crippen LogP contribution in [0.4, 0.5) is 0 Å². The van der Waals surface area contributed by atoms with Gasteiger partial charge in [-0.25, -0.2) is 0 Å². The Bertz CT molecular complexity index is 484. The van der Waals surface area contributed by atoms with Crippen LogP contribution in [0.5, 0.6) is 0 Å². The lowest BCUT2D eigenvalue weighted by Gasteiger charge is -2.50. The summed E-state index contributed by atoms with van der Waals surface area (Å²) in [6.45, 7) is 6.51. The van der Waals surface area contributed by atoms with Crippen molar-refractivity contribution >= 4 is 5.91 Å². The fourth-order valence-electron chi connectivity index (χ4n) is 5.99. The summed E-state index contributed by atoms with van der Waals surface area (Å²) < 4.78 is 11.5. The molecule has 2 aliphatic heterocycles. The maximum Gasteiger partial charge on any atom is 0.249 e. The minimum Gasteiger partial charge on any atom is -0.381 e. The fraction of sp³-hybridized carbons (Fsp3) is 0.955. The molecule has 0 N–H and O–H groups in total. The van der Waals surface area contributed by atoms with Crippen molar-refractivity contribution in [1.29, 1.82) is 0 Å². The van der Waals surface area contributed by atoms with E-state index in [1.54, 1.807) is 0 Å². The molecule has 0 aromatic rings. The van der Waals surface area contributed by atoms with Gasteiger partial charge >= 0.3 is 0 Å². The lowest BCUT2D eigenvalue weighted by Crippen LogP contribution is -2.61. The number of carbonyl (C=O) groups is 1. The van der Waals surface area contributed by atoms with Gasteiger partial charge in [0.1, 0.15) is 6.61 Å². The van der Waals surface area contributed by atoms with Crippen molar-refractivity contribution in [2.45, 2.75) is 95.4 Å². The molecule has 0 spiro atoms. The normalized spacial score (nSPS) is 36.6. The number of carbonyl (C=O) groups excluding carboxylic acids is 1. The quantitative estimate of drug-likeness (QED) is 0.737. The highest BCUT2D eigenvalue weighted by Crippen LogP contribution is 2.34. The third kappa shape index (κ3) is 4.51. The summed E-state index contributed by atoms with van der Waals surface area (Å²) in [6.07, 6.45) is 12.7. The number of rotatable bonds is 5. The van der Waals surface area contributed by atoms with Crippen LogP contribution in [0.15, 0.2) is 0 Å². The fourth-order valence-corrected chi connectivity index (χ4v) is 5.99. The van der Waals surface area contributed by atoms with Crippen molar-refractivity contribution in [3.05, 3.63) is 0 Å². The van der Waals surface area contributed by atoms with Gasteiger partial charge in [-0.1, -0.05) is 12.8 Å². The van der Waals surface area contributed by atoms with Gasteiger partial charge in [0.2, 0.25) is 5.91 Å². The Morgan fingerprint density at radius 2 is 1.70 bits per heavy atom. The van der Waals surface area contributed by atoms with Gasteiger partial charge in [-0.05, 0) is 64.2 Å². The van der Waals surface area contributed by atoms with Crippen LogP contribution >= 0.6 is 0 Å². The second-order valence-electron chi connectivity index (χ2n) is 9.10. The van der Waals surface area contributed by atoms with Gasteiger partial charge in [-0.3, -0.25) is 4.79 Å². The zero-order chi connectivity index (χ0) is 18.6. The van der Waals surface area contributed by atoms with Crippen molar-refractivity contribution in [3.63, 3.8) is 0 Å². The predicted octanol–water partition coefficient (Wildman–Crippen LogP) is 3.22. The largest absolute Gasteiger partial charge is 0.381 e. The third-order valence-corrected chi connectivity index (χ3v) is 7.52. The van der Waals surface area contributed by atoms with E-state index in [0.717, 1.165) is 63.9 Å². The van der Waals surface area contributed by atoms with E-state index < -0.39 is 0 Å². The zero-order valence-electron chi connectivity index (χ0n) is 17.1. The molecule has 2 aliphatic carbocycles. The van der Waals surface area contributed by atoms with Crippen molar-refractivity contribution < 1.29 is 14.3 Å². The van der Waals surface area contributed by atoms with Gasteiger partial charge in [0.15, 0.2) is 0 Å². The molecule has 2 unspecified atom stereocenters. The van der Waals surface area contributed by atoms with E-state index in [1.807, 2.05) is 0 Å². The molecule has 5 nitrogen and oxygen atoms in total. The topological polar surface area (TPSA) is 42.0 Å². The molecule has 2 atom stereocenters. The number of ether oxygens (including phenoxy) is 2. The Morgan fingerprint density at radius 3 is 2.44 bits per heavy atom. The predicted molar refractivity (Wildman–Crippen MR) is 106 cm³/mol. The van der Waals surface area contributed by atoms with Crippen molar-refractivity contribution in [1.82, 2.24) is 9.80 Å². The molecule has 27 heavy (non-hydrogen) atoms. The summed E-state index contributed by atoms with van der Waals surface area (Å²) in [6, 6.07) is 1.55. The number of amides is 1. The monoisotopic (exact) mass is 378 g/mol. The molecule has 1 amide bonds. The first-order valence-corrected chi connectivity index (χ1v) is 11.5. The van der Waals surface area contributed by atoms with E-state index in [9.17, 15) is 4.79 Å². The smallest absolute Gasteiger partial charge is 0.249 e. The average molecular weight is 379 g/mol. The maximum atomic E-state index is 12.6. The SMILES string of the molecule is CCOCC1CCC(N2CCC(N3C(=O)COC4CCCCC43)CC2)CC1. The van der Waals surface area contributed by atoms with Crippen LogP contribution in [0.1, 0.15) is 71.1 Å². The van der Waals surface area contributed by atoms with E-state index in [2.05, 4.69) is 16.7 Å². The Balaban J connectivity index is 1.27. The molecule has 0 radical (unpaired) electrons. The van der Waals surface area contributed by atoms with E-state index in [1.165, 1.54) is 38.5 Å². The first kappa shape index (κ1) is 19.7. The molecule has 4 rings (SSSR count). The number of likely N-dealkylation sites (tertiary alicyclic amines) is 1. The number of hydrogen-bond donors (Lipinski definition) is 0. The molecule has 2 saturated heterocycles. The highest BCUT2D eigenvalue weighted by Gasteiger charge is 2.42. The Labute approximate surface area is 164 Å². The summed E-state index contributed by atoms with van der Waals surface area (Å²) in [5.41, 5.74) is 0. The molecular weight excluding hydrogens is 340 g/mol. The molecule has 2 saturated carbocycles. The summed E-state index contributed by atoms with van der Waals surface area (Å²) in [7, 11) is 0. The summed E-state index contributed by atoms with van der Waals surface area (Å²) in [5.74, 6) is 1.01. The van der Waals surface area contributed by atoms with Crippen LogP contribution in [0.25, 0.3) is 0 Å².